The first-order valence-corrected chi connectivity index (χ1v) is 9.05. The zero-order chi connectivity index (χ0) is 19.6. The van der Waals surface area contributed by atoms with Gasteiger partial charge in [0.15, 0.2) is 0 Å². The van der Waals surface area contributed by atoms with Gasteiger partial charge in [0, 0.05) is 13.5 Å². The van der Waals surface area contributed by atoms with E-state index in [1.54, 1.807) is 37.1 Å². The van der Waals surface area contributed by atoms with E-state index < -0.39 is 11.6 Å². The van der Waals surface area contributed by atoms with E-state index in [9.17, 15) is 14.4 Å². The summed E-state index contributed by atoms with van der Waals surface area (Å²) in [5, 5.41) is 5.53. The van der Waals surface area contributed by atoms with Crippen LogP contribution in [-0.2, 0) is 9.59 Å². The zero-order valence-electron chi connectivity index (χ0n) is 15.8. The molecule has 3 rings (SSSR count). The molecule has 3 amide bonds. The number of fused-ring (bicyclic) bond motifs is 1. The fourth-order valence-electron chi connectivity index (χ4n) is 3.66. The van der Waals surface area contributed by atoms with Gasteiger partial charge in [-0.05, 0) is 38.0 Å². The van der Waals surface area contributed by atoms with E-state index in [2.05, 4.69) is 10.6 Å². The first-order chi connectivity index (χ1) is 12.8. The number of ether oxygens (including phenoxy) is 2. The molecule has 2 aliphatic rings. The predicted octanol–water partition coefficient (Wildman–Crippen LogP) is 0.703. The highest BCUT2D eigenvalue weighted by atomic mass is 16.5. The number of hydrogen-bond donors (Lipinski definition) is 2. The zero-order valence-corrected chi connectivity index (χ0v) is 15.8. The summed E-state index contributed by atoms with van der Waals surface area (Å²) in [5.74, 6) is 0.431. The van der Waals surface area contributed by atoms with Gasteiger partial charge < -0.3 is 25.0 Å². The smallest absolute Gasteiger partial charge is 0.255 e. The summed E-state index contributed by atoms with van der Waals surface area (Å²) in [6.07, 6.45) is 1.47. The van der Waals surface area contributed by atoms with Crippen molar-refractivity contribution in [3.8, 4) is 11.5 Å². The Bertz CT molecular complexity index is 766. The minimum atomic E-state index is -0.695. The number of piperidine rings is 1. The number of benzene rings is 1. The summed E-state index contributed by atoms with van der Waals surface area (Å²) < 4.78 is 11.5. The molecule has 0 saturated carbocycles. The number of amides is 3. The summed E-state index contributed by atoms with van der Waals surface area (Å²) in [4.78, 5) is 38.1. The molecule has 2 unspecified atom stereocenters. The maximum atomic E-state index is 12.7. The van der Waals surface area contributed by atoms with Crippen molar-refractivity contribution in [2.24, 2.45) is 0 Å². The minimum Gasteiger partial charge on any atom is -0.497 e. The number of carbonyl (C=O) groups excluding carboxylic acids is 3. The SMILES string of the molecule is COc1ccc2c(c1)C(=O)NCC1(CCCN(C(=O)C(C)NC(C)=O)C1)O2. The molecule has 2 N–H and O–H groups in total. The van der Waals surface area contributed by atoms with Crippen LogP contribution in [0.5, 0.6) is 11.5 Å². The van der Waals surface area contributed by atoms with Crippen molar-refractivity contribution in [2.45, 2.75) is 38.3 Å². The summed E-state index contributed by atoms with van der Waals surface area (Å²) in [6.45, 7) is 4.30. The molecule has 1 aromatic carbocycles. The molecular formula is C19H25N3O5. The lowest BCUT2D eigenvalue weighted by Crippen LogP contribution is -2.60. The Kier molecular flexibility index (Phi) is 5.25. The lowest BCUT2D eigenvalue weighted by molar-refractivity contribution is -0.140. The topological polar surface area (TPSA) is 97.0 Å². The second kappa shape index (κ2) is 7.46. The van der Waals surface area contributed by atoms with Crippen LogP contribution >= 0.6 is 0 Å². The molecule has 1 saturated heterocycles. The van der Waals surface area contributed by atoms with Crippen molar-refractivity contribution in [2.75, 3.05) is 26.7 Å². The van der Waals surface area contributed by atoms with Crippen molar-refractivity contribution < 1.29 is 23.9 Å². The molecule has 8 heteroatoms. The quantitative estimate of drug-likeness (QED) is 0.811. The Labute approximate surface area is 158 Å². The number of nitrogens with one attached hydrogen (secondary N) is 2. The summed E-state index contributed by atoms with van der Waals surface area (Å²) >= 11 is 0. The number of hydrogen-bond acceptors (Lipinski definition) is 5. The van der Waals surface area contributed by atoms with Gasteiger partial charge in [0.2, 0.25) is 11.8 Å². The van der Waals surface area contributed by atoms with E-state index in [1.165, 1.54) is 6.92 Å². The molecule has 0 radical (unpaired) electrons. The highest BCUT2D eigenvalue weighted by molar-refractivity contribution is 5.97. The van der Waals surface area contributed by atoms with Gasteiger partial charge in [-0.1, -0.05) is 0 Å². The van der Waals surface area contributed by atoms with Gasteiger partial charge in [-0.3, -0.25) is 14.4 Å². The van der Waals surface area contributed by atoms with Crippen LogP contribution in [0.1, 0.15) is 37.0 Å². The Hall–Kier alpha value is -2.77. The van der Waals surface area contributed by atoms with E-state index in [0.717, 1.165) is 12.8 Å². The number of nitrogens with zero attached hydrogens (tertiary/aromatic N) is 1. The van der Waals surface area contributed by atoms with Crippen molar-refractivity contribution in [1.82, 2.24) is 15.5 Å². The Morgan fingerprint density at radius 3 is 2.89 bits per heavy atom. The molecule has 1 aromatic rings. The fraction of sp³-hybridized carbons (Fsp3) is 0.526. The van der Waals surface area contributed by atoms with Crippen molar-refractivity contribution in [3.05, 3.63) is 23.8 Å². The molecule has 0 aliphatic carbocycles. The lowest BCUT2D eigenvalue weighted by Gasteiger charge is -2.42. The standard InChI is InChI=1S/C19H25N3O5/c1-12(21-13(2)23)18(25)22-8-4-7-19(11-22)10-20-17(24)15-9-14(26-3)5-6-16(15)27-19/h5-6,9,12H,4,7-8,10-11H2,1-3H3,(H,20,24)(H,21,23). The Morgan fingerprint density at radius 1 is 1.41 bits per heavy atom. The van der Waals surface area contributed by atoms with Crippen LogP contribution in [0.25, 0.3) is 0 Å². The molecule has 1 spiro atoms. The van der Waals surface area contributed by atoms with E-state index in [0.29, 0.717) is 36.7 Å². The average Bonchev–Trinajstić information content (AvgIpc) is 2.77. The predicted molar refractivity (Wildman–Crippen MR) is 97.8 cm³/mol. The molecule has 2 heterocycles. The monoisotopic (exact) mass is 375 g/mol. The van der Waals surface area contributed by atoms with Crippen molar-refractivity contribution in [3.63, 3.8) is 0 Å². The third-order valence-corrected chi connectivity index (χ3v) is 4.97. The molecule has 27 heavy (non-hydrogen) atoms. The number of rotatable bonds is 3. The van der Waals surface area contributed by atoms with Crippen LogP contribution in [0, 0.1) is 0 Å². The van der Waals surface area contributed by atoms with Crippen LogP contribution in [0.15, 0.2) is 18.2 Å². The molecule has 2 atom stereocenters. The van der Waals surface area contributed by atoms with Crippen LogP contribution in [0.2, 0.25) is 0 Å². The molecule has 0 aromatic heterocycles. The highest BCUT2D eigenvalue weighted by Crippen LogP contribution is 2.34. The minimum absolute atomic E-state index is 0.154. The van der Waals surface area contributed by atoms with E-state index in [1.807, 2.05) is 0 Å². The first kappa shape index (κ1) is 19.0. The van der Waals surface area contributed by atoms with Crippen LogP contribution in [-0.4, -0.2) is 61.0 Å². The Balaban J connectivity index is 1.81. The Morgan fingerprint density at radius 2 is 2.19 bits per heavy atom. The van der Waals surface area contributed by atoms with Gasteiger partial charge in [0.05, 0.1) is 25.8 Å². The van der Waals surface area contributed by atoms with Gasteiger partial charge in [-0.25, -0.2) is 0 Å². The summed E-state index contributed by atoms with van der Waals surface area (Å²) in [6, 6.07) is 4.51. The van der Waals surface area contributed by atoms with E-state index in [4.69, 9.17) is 9.47 Å². The van der Waals surface area contributed by atoms with Crippen molar-refractivity contribution in [1.29, 1.82) is 0 Å². The summed E-state index contributed by atoms with van der Waals surface area (Å²) in [7, 11) is 1.54. The maximum Gasteiger partial charge on any atom is 0.255 e. The molecular weight excluding hydrogens is 350 g/mol. The normalized spacial score (nSPS) is 22.8. The maximum absolute atomic E-state index is 12.7. The third kappa shape index (κ3) is 3.99. The van der Waals surface area contributed by atoms with Crippen LogP contribution in [0.4, 0.5) is 0 Å². The molecule has 146 valence electrons. The lowest BCUT2D eigenvalue weighted by atomic mass is 9.92. The first-order valence-electron chi connectivity index (χ1n) is 9.05. The fourth-order valence-corrected chi connectivity index (χ4v) is 3.66. The summed E-state index contributed by atoms with van der Waals surface area (Å²) in [5.41, 5.74) is -0.277. The molecule has 2 aliphatic heterocycles. The highest BCUT2D eigenvalue weighted by Gasteiger charge is 2.42. The van der Waals surface area contributed by atoms with E-state index in [-0.39, 0.29) is 17.7 Å². The third-order valence-electron chi connectivity index (χ3n) is 4.97. The largest absolute Gasteiger partial charge is 0.497 e. The van der Waals surface area contributed by atoms with Gasteiger partial charge in [0.1, 0.15) is 23.1 Å². The van der Waals surface area contributed by atoms with Crippen LogP contribution < -0.4 is 20.1 Å². The second-order valence-electron chi connectivity index (χ2n) is 7.12. The molecule has 1 fully saturated rings. The van der Waals surface area contributed by atoms with Gasteiger partial charge >= 0.3 is 0 Å². The van der Waals surface area contributed by atoms with E-state index >= 15 is 0 Å². The van der Waals surface area contributed by atoms with Crippen molar-refractivity contribution >= 4 is 17.7 Å². The van der Waals surface area contributed by atoms with Gasteiger partial charge in [-0.2, -0.15) is 0 Å². The molecule has 8 nitrogen and oxygen atoms in total. The van der Waals surface area contributed by atoms with Gasteiger partial charge in [-0.15, -0.1) is 0 Å². The number of likely N-dealkylation sites (tertiary alicyclic amines) is 1. The molecule has 0 bridgehead atoms. The number of methoxy groups -OCH3 is 1. The average molecular weight is 375 g/mol. The second-order valence-corrected chi connectivity index (χ2v) is 7.12. The van der Waals surface area contributed by atoms with Gasteiger partial charge in [0.25, 0.3) is 5.91 Å². The van der Waals surface area contributed by atoms with Crippen LogP contribution in [0.3, 0.4) is 0 Å². The number of carbonyl (C=O) groups is 3.